The van der Waals surface area contributed by atoms with Gasteiger partial charge in [0.2, 0.25) is 11.6 Å². The number of carbonyl (C=O) groups excluding carboxylic acids is 2. The van der Waals surface area contributed by atoms with Crippen LogP contribution < -0.4 is 10.2 Å². The molecule has 0 amide bonds. The van der Waals surface area contributed by atoms with Crippen LogP contribution >= 0.6 is 11.6 Å². The Balaban J connectivity index is 1.88. The van der Waals surface area contributed by atoms with Crippen molar-refractivity contribution in [3.8, 4) is 0 Å². The summed E-state index contributed by atoms with van der Waals surface area (Å²) in [6.07, 6.45) is 0.463. The van der Waals surface area contributed by atoms with E-state index in [0.717, 1.165) is 25.9 Å². The molecular weight excluding hydrogens is 361 g/mol. The highest BCUT2D eigenvalue weighted by molar-refractivity contribution is 6.49. The van der Waals surface area contributed by atoms with E-state index < -0.39 is 23.3 Å². The van der Waals surface area contributed by atoms with E-state index in [-0.39, 0.29) is 28.5 Å². The second-order valence-electron chi connectivity index (χ2n) is 7.11. The SMILES string of the molecule is CC(C)(O)[C@H](F)CNC1=C(Cl)C(=O)c2ccc(N3CCCC3)nc2C1=O. The molecule has 8 heteroatoms. The van der Waals surface area contributed by atoms with Crippen LogP contribution in [-0.2, 0) is 0 Å². The van der Waals surface area contributed by atoms with Crippen molar-refractivity contribution in [1.82, 2.24) is 10.3 Å². The number of anilines is 1. The van der Waals surface area contributed by atoms with Gasteiger partial charge in [0, 0.05) is 19.6 Å². The van der Waals surface area contributed by atoms with Crippen molar-refractivity contribution < 1.29 is 19.1 Å². The molecule has 0 spiro atoms. The summed E-state index contributed by atoms with van der Waals surface area (Å²) in [4.78, 5) is 31.7. The summed E-state index contributed by atoms with van der Waals surface area (Å²) >= 11 is 6.04. The van der Waals surface area contributed by atoms with Crippen molar-refractivity contribution in [2.24, 2.45) is 0 Å². The molecule has 26 heavy (non-hydrogen) atoms. The molecule has 1 fully saturated rings. The number of ketones is 2. The number of pyridine rings is 1. The van der Waals surface area contributed by atoms with E-state index in [0.29, 0.717) is 5.82 Å². The first-order valence-electron chi connectivity index (χ1n) is 8.55. The van der Waals surface area contributed by atoms with Crippen molar-refractivity contribution in [2.45, 2.75) is 38.5 Å². The molecule has 0 unspecified atom stereocenters. The van der Waals surface area contributed by atoms with Crippen LogP contribution in [0.4, 0.5) is 10.2 Å². The quantitative estimate of drug-likeness (QED) is 0.813. The first-order chi connectivity index (χ1) is 12.2. The number of alkyl halides is 1. The highest BCUT2D eigenvalue weighted by Gasteiger charge is 2.35. The van der Waals surface area contributed by atoms with Gasteiger partial charge < -0.3 is 15.3 Å². The summed E-state index contributed by atoms with van der Waals surface area (Å²) in [7, 11) is 0. The van der Waals surface area contributed by atoms with Crippen molar-refractivity contribution in [1.29, 1.82) is 0 Å². The Morgan fingerprint density at radius 3 is 2.58 bits per heavy atom. The molecule has 0 bridgehead atoms. The predicted octanol–water partition coefficient (Wildman–Crippen LogP) is 2.21. The third-order valence-corrected chi connectivity index (χ3v) is 5.00. The van der Waals surface area contributed by atoms with Gasteiger partial charge in [-0.15, -0.1) is 0 Å². The normalized spacial score (nSPS) is 19.0. The molecule has 1 aromatic rings. The van der Waals surface area contributed by atoms with Gasteiger partial charge in [-0.2, -0.15) is 0 Å². The average Bonchev–Trinajstić information content (AvgIpc) is 3.13. The molecule has 3 rings (SSSR count). The largest absolute Gasteiger partial charge is 0.387 e. The number of rotatable bonds is 5. The molecule has 1 saturated heterocycles. The molecule has 0 radical (unpaired) electrons. The first kappa shape index (κ1) is 18.8. The van der Waals surface area contributed by atoms with Gasteiger partial charge in [-0.3, -0.25) is 9.59 Å². The van der Waals surface area contributed by atoms with Crippen LogP contribution in [0.5, 0.6) is 0 Å². The molecule has 1 aliphatic heterocycles. The lowest BCUT2D eigenvalue weighted by Gasteiger charge is -2.25. The van der Waals surface area contributed by atoms with E-state index in [1.807, 2.05) is 0 Å². The number of allylic oxidation sites excluding steroid dienone is 2. The van der Waals surface area contributed by atoms with Crippen LogP contribution in [0.2, 0.25) is 0 Å². The van der Waals surface area contributed by atoms with Gasteiger partial charge >= 0.3 is 0 Å². The number of aliphatic hydroxyl groups is 1. The number of fused-ring (bicyclic) bond motifs is 1. The molecule has 2 N–H and O–H groups in total. The molecule has 2 heterocycles. The van der Waals surface area contributed by atoms with E-state index in [9.17, 15) is 19.1 Å². The van der Waals surface area contributed by atoms with Gasteiger partial charge in [-0.25, -0.2) is 9.37 Å². The van der Waals surface area contributed by atoms with Crippen LogP contribution in [0.15, 0.2) is 22.9 Å². The van der Waals surface area contributed by atoms with Gasteiger partial charge in [0.1, 0.15) is 28.4 Å². The number of nitrogens with one attached hydrogen (secondary N) is 1. The van der Waals surface area contributed by atoms with Gasteiger partial charge in [-0.1, -0.05) is 11.6 Å². The summed E-state index contributed by atoms with van der Waals surface area (Å²) in [6, 6.07) is 3.27. The number of carbonyl (C=O) groups is 2. The highest BCUT2D eigenvalue weighted by atomic mass is 35.5. The number of halogens is 2. The van der Waals surface area contributed by atoms with Crippen LogP contribution in [0, 0.1) is 0 Å². The summed E-state index contributed by atoms with van der Waals surface area (Å²) in [6.45, 7) is 4.00. The molecule has 140 valence electrons. The Morgan fingerprint density at radius 1 is 1.31 bits per heavy atom. The fourth-order valence-corrected chi connectivity index (χ4v) is 3.23. The van der Waals surface area contributed by atoms with Crippen LogP contribution in [0.25, 0.3) is 0 Å². The maximum Gasteiger partial charge on any atom is 0.229 e. The lowest BCUT2D eigenvalue weighted by Crippen LogP contribution is -2.42. The third-order valence-electron chi connectivity index (χ3n) is 4.64. The minimum absolute atomic E-state index is 0.0185. The average molecular weight is 382 g/mol. The highest BCUT2D eigenvalue weighted by Crippen LogP contribution is 2.29. The van der Waals surface area contributed by atoms with E-state index in [1.54, 1.807) is 12.1 Å². The zero-order chi connectivity index (χ0) is 19.1. The molecule has 0 saturated carbocycles. The summed E-state index contributed by atoms with van der Waals surface area (Å²) in [5.74, 6) is -0.434. The van der Waals surface area contributed by atoms with Crippen molar-refractivity contribution in [2.75, 3.05) is 24.5 Å². The molecule has 1 aromatic heterocycles. The molecule has 1 aliphatic carbocycles. The number of nitrogens with zero attached hydrogens (tertiary/aromatic N) is 2. The Hall–Kier alpha value is -1.99. The molecule has 0 aromatic carbocycles. The number of hydrogen-bond acceptors (Lipinski definition) is 6. The van der Waals surface area contributed by atoms with E-state index in [4.69, 9.17) is 11.6 Å². The smallest absolute Gasteiger partial charge is 0.229 e. The monoisotopic (exact) mass is 381 g/mol. The topological polar surface area (TPSA) is 82.5 Å². The Morgan fingerprint density at radius 2 is 1.96 bits per heavy atom. The first-order valence-corrected chi connectivity index (χ1v) is 8.93. The Kier molecular flexibility index (Phi) is 5.03. The molecule has 1 atom stereocenters. The number of Topliss-reactive ketones (excluding diaryl/α,β-unsaturated/α-hetero) is 2. The van der Waals surface area contributed by atoms with Crippen molar-refractivity contribution >= 4 is 29.0 Å². The summed E-state index contributed by atoms with van der Waals surface area (Å²) in [5.41, 5.74) is -1.60. The van der Waals surface area contributed by atoms with Crippen molar-refractivity contribution in [3.05, 3.63) is 34.1 Å². The lowest BCUT2D eigenvalue weighted by molar-refractivity contribution is -0.00133. The lowest BCUT2D eigenvalue weighted by atomic mass is 9.96. The maximum atomic E-state index is 14.0. The predicted molar refractivity (Wildman–Crippen MR) is 96.4 cm³/mol. The number of hydrogen-bond donors (Lipinski definition) is 2. The Bertz CT molecular complexity index is 782. The van der Waals surface area contributed by atoms with E-state index in [1.165, 1.54) is 13.8 Å². The zero-order valence-electron chi connectivity index (χ0n) is 14.7. The summed E-state index contributed by atoms with van der Waals surface area (Å²) < 4.78 is 14.0. The molecule has 2 aliphatic rings. The minimum atomic E-state index is -1.65. The van der Waals surface area contributed by atoms with Gasteiger partial charge in [-0.05, 0) is 38.8 Å². The second-order valence-corrected chi connectivity index (χ2v) is 7.49. The van der Waals surface area contributed by atoms with Crippen molar-refractivity contribution in [3.63, 3.8) is 0 Å². The van der Waals surface area contributed by atoms with Gasteiger partial charge in [0.15, 0.2) is 0 Å². The number of aromatic nitrogens is 1. The zero-order valence-corrected chi connectivity index (χ0v) is 15.4. The van der Waals surface area contributed by atoms with Crippen LogP contribution in [-0.4, -0.2) is 53.1 Å². The van der Waals surface area contributed by atoms with Gasteiger partial charge in [0.05, 0.1) is 11.2 Å². The van der Waals surface area contributed by atoms with Crippen LogP contribution in [0.1, 0.15) is 47.5 Å². The van der Waals surface area contributed by atoms with Gasteiger partial charge in [0.25, 0.3) is 0 Å². The third kappa shape index (κ3) is 3.46. The van der Waals surface area contributed by atoms with E-state index >= 15 is 0 Å². The molecular formula is C18H21ClFN3O3. The summed E-state index contributed by atoms with van der Waals surface area (Å²) in [5, 5.41) is 12.0. The fraction of sp³-hybridized carbons (Fsp3) is 0.500. The van der Waals surface area contributed by atoms with E-state index in [2.05, 4.69) is 15.2 Å². The van der Waals surface area contributed by atoms with Crippen LogP contribution in [0.3, 0.4) is 0 Å². The second kappa shape index (κ2) is 6.96. The fourth-order valence-electron chi connectivity index (χ4n) is 2.98. The molecule has 6 nitrogen and oxygen atoms in total. The maximum absolute atomic E-state index is 14.0. The standard InChI is InChI=1S/C18H21ClFN3O3/c1-18(2,26)11(20)9-21-15-13(19)16(24)10-5-6-12(22-14(10)17(15)25)23-7-3-4-8-23/h5-6,11,21,26H,3-4,7-9H2,1-2H3/t11-/m1/s1. The Labute approximate surface area is 156 Å². The minimum Gasteiger partial charge on any atom is -0.387 e.